The number of hydrogen-bond donors (Lipinski definition) is 5. The second-order valence-electron chi connectivity index (χ2n) is 4.64. The lowest BCUT2D eigenvalue weighted by atomic mass is 10.1. The van der Waals surface area contributed by atoms with Gasteiger partial charge in [0.25, 0.3) is 0 Å². The van der Waals surface area contributed by atoms with Crippen LogP contribution in [0.2, 0.25) is 0 Å². The van der Waals surface area contributed by atoms with Crippen molar-refractivity contribution < 1.29 is 19.8 Å². The molecule has 0 amide bonds. The number of H-pyrrole nitrogens is 1. The van der Waals surface area contributed by atoms with Gasteiger partial charge >= 0.3 is 11.9 Å². The van der Waals surface area contributed by atoms with Crippen molar-refractivity contribution in [2.75, 3.05) is 0 Å². The van der Waals surface area contributed by atoms with E-state index in [1.54, 1.807) is 0 Å². The van der Waals surface area contributed by atoms with Crippen LogP contribution in [0, 0.1) is 0 Å². The molecule has 2 aromatic rings. The van der Waals surface area contributed by atoms with Gasteiger partial charge in [-0.2, -0.15) is 0 Å². The number of aliphatic carboxylic acids is 2. The van der Waals surface area contributed by atoms with Crippen molar-refractivity contribution in [2.24, 2.45) is 11.5 Å². The molecule has 2 rings (SSSR count). The SMILES string of the molecule is C[C@H](N)C(=O)O.N[C@@H](Cc1c[nH]c2ccccc12)C(=O)O. The standard InChI is InChI=1S/C11H12N2O2.C3H7NO2/c12-9(11(14)15)5-7-6-13-10-4-2-1-3-8(7)10;1-2(4)3(5)6/h1-4,6,9,13H,5,12H2,(H,14,15);2H,4H2,1H3,(H,5,6)/t9-;2-/m00/s1. The number of aromatic amines is 1. The summed E-state index contributed by atoms with van der Waals surface area (Å²) < 4.78 is 0. The minimum absolute atomic E-state index is 0.347. The number of carbonyl (C=O) groups is 2. The van der Waals surface area contributed by atoms with Gasteiger partial charge in [-0.25, -0.2) is 0 Å². The van der Waals surface area contributed by atoms with Gasteiger partial charge in [0, 0.05) is 23.5 Å². The van der Waals surface area contributed by atoms with Crippen LogP contribution in [-0.4, -0.2) is 39.2 Å². The summed E-state index contributed by atoms with van der Waals surface area (Å²) in [5.74, 6) is -1.93. The molecule has 7 nitrogen and oxygen atoms in total. The molecule has 2 atom stereocenters. The van der Waals surface area contributed by atoms with Crippen molar-refractivity contribution in [3.8, 4) is 0 Å². The molecule has 7 N–H and O–H groups in total. The number of benzene rings is 1. The maximum atomic E-state index is 10.6. The summed E-state index contributed by atoms with van der Waals surface area (Å²) in [6.45, 7) is 1.42. The first kappa shape index (κ1) is 16.7. The summed E-state index contributed by atoms with van der Waals surface area (Å²) in [6, 6.07) is 6.18. The molecule has 114 valence electrons. The number of nitrogens with one attached hydrogen (secondary N) is 1. The van der Waals surface area contributed by atoms with E-state index in [9.17, 15) is 9.59 Å². The van der Waals surface area contributed by atoms with E-state index in [-0.39, 0.29) is 0 Å². The highest BCUT2D eigenvalue weighted by atomic mass is 16.4. The van der Waals surface area contributed by atoms with Gasteiger partial charge in [-0.15, -0.1) is 0 Å². The van der Waals surface area contributed by atoms with Gasteiger partial charge in [0.2, 0.25) is 0 Å². The Bertz CT molecular complexity index is 621. The number of hydrogen-bond acceptors (Lipinski definition) is 4. The van der Waals surface area contributed by atoms with Crippen molar-refractivity contribution in [1.82, 2.24) is 4.98 Å². The molecular formula is C14H19N3O4. The van der Waals surface area contributed by atoms with Crippen LogP contribution in [0.25, 0.3) is 10.9 Å². The molecule has 1 aromatic carbocycles. The maximum Gasteiger partial charge on any atom is 0.320 e. The number of rotatable bonds is 4. The van der Waals surface area contributed by atoms with E-state index in [2.05, 4.69) is 4.98 Å². The van der Waals surface area contributed by atoms with E-state index in [1.165, 1.54) is 6.92 Å². The fourth-order valence-electron chi connectivity index (χ4n) is 1.62. The Hall–Kier alpha value is -2.38. The van der Waals surface area contributed by atoms with E-state index >= 15 is 0 Å². The normalized spacial score (nSPS) is 13.1. The van der Waals surface area contributed by atoms with Crippen LogP contribution in [0.5, 0.6) is 0 Å². The molecule has 0 saturated carbocycles. The maximum absolute atomic E-state index is 10.6. The fourth-order valence-corrected chi connectivity index (χ4v) is 1.62. The molecule has 0 aliphatic rings. The molecule has 1 aromatic heterocycles. The molecular weight excluding hydrogens is 274 g/mol. The monoisotopic (exact) mass is 293 g/mol. The summed E-state index contributed by atoms with van der Waals surface area (Å²) in [5.41, 5.74) is 12.3. The van der Waals surface area contributed by atoms with Gasteiger partial charge in [0.05, 0.1) is 0 Å². The molecule has 21 heavy (non-hydrogen) atoms. The largest absolute Gasteiger partial charge is 0.480 e. The topological polar surface area (TPSA) is 142 Å². The Balaban J connectivity index is 0.000000315. The number of fused-ring (bicyclic) bond motifs is 1. The highest BCUT2D eigenvalue weighted by molar-refractivity contribution is 5.84. The summed E-state index contributed by atoms with van der Waals surface area (Å²) in [6.07, 6.45) is 2.16. The molecule has 0 fully saturated rings. The van der Waals surface area contributed by atoms with E-state index in [4.69, 9.17) is 21.7 Å². The zero-order chi connectivity index (χ0) is 16.0. The zero-order valence-corrected chi connectivity index (χ0v) is 11.6. The van der Waals surface area contributed by atoms with E-state index < -0.39 is 24.0 Å². The smallest absolute Gasteiger partial charge is 0.320 e. The highest BCUT2D eigenvalue weighted by Gasteiger charge is 2.14. The van der Waals surface area contributed by atoms with Crippen molar-refractivity contribution in [2.45, 2.75) is 25.4 Å². The van der Waals surface area contributed by atoms with Gasteiger partial charge in [-0.05, 0) is 18.6 Å². The average molecular weight is 293 g/mol. The zero-order valence-electron chi connectivity index (χ0n) is 11.6. The molecule has 0 aliphatic carbocycles. The van der Waals surface area contributed by atoms with Crippen LogP contribution in [-0.2, 0) is 16.0 Å². The third kappa shape index (κ3) is 4.90. The summed E-state index contributed by atoms with van der Waals surface area (Å²) in [7, 11) is 0. The predicted octanol–water partition coefficient (Wildman–Crippen LogP) is 0.541. The summed E-state index contributed by atoms with van der Waals surface area (Å²) >= 11 is 0. The Kier molecular flexibility index (Phi) is 5.89. The van der Waals surface area contributed by atoms with Crippen LogP contribution in [0.3, 0.4) is 0 Å². The Morgan fingerprint density at radius 1 is 1.19 bits per heavy atom. The number of para-hydroxylation sites is 1. The summed E-state index contributed by atoms with van der Waals surface area (Å²) in [5, 5.41) is 17.6. The summed E-state index contributed by atoms with van der Waals surface area (Å²) in [4.78, 5) is 23.3. The van der Waals surface area contributed by atoms with E-state index in [1.807, 2.05) is 30.5 Å². The quantitative estimate of drug-likeness (QED) is 0.557. The average Bonchev–Trinajstić information content (AvgIpc) is 2.82. The molecule has 0 aliphatic heterocycles. The minimum atomic E-state index is -0.972. The van der Waals surface area contributed by atoms with Crippen molar-refractivity contribution >= 4 is 22.8 Å². The molecule has 0 spiro atoms. The first-order valence-corrected chi connectivity index (χ1v) is 6.34. The van der Waals surface area contributed by atoms with Crippen LogP contribution in [0.1, 0.15) is 12.5 Å². The van der Waals surface area contributed by atoms with Crippen LogP contribution in [0.15, 0.2) is 30.5 Å². The molecule has 0 bridgehead atoms. The van der Waals surface area contributed by atoms with Gasteiger partial charge < -0.3 is 26.7 Å². The lowest BCUT2D eigenvalue weighted by Gasteiger charge is -2.04. The lowest BCUT2D eigenvalue weighted by Crippen LogP contribution is -2.32. The van der Waals surface area contributed by atoms with Crippen LogP contribution in [0.4, 0.5) is 0 Å². The number of nitrogens with two attached hydrogens (primary N) is 2. The van der Waals surface area contributed by atoms with Gasteiger partial charge in [-0.3, -0.25) is 9.59 Å². The van der Waals surface area contributed by atoms with Crippen molar-refractivity contribution in [3.05, 3.63) is 36.0 Å². The third-order valence-corrected chi connectivity index (χ3v) is 2.82. The van der Waals surface area contributed by atoms with E-state index in [0.717, 1.165) is 16.5 Å². The molecule has 0 unspecified atom stereocenters. The molecule has 0 radical (unpaired) electrons. The second kappa shape index (κ2) is 7.41. The van der Waals surface area contributed by atoms with E-state index in [0.29, 0.717) is 6.42 Å². The molecule has 7 heteroatoms. The Morgan fingerprint density at radius 2 is 1.76 bits per heavy atom. The number of carboxylic acid groups (broad SMARTS) is 2. The van der Waals surface area contributed by atoms with Gasteiger partial charge in [-0.1, -0.05) is 18.2 Å². The predicted molar refractivity (Wildman–Crippen MR) is 78.9 cm³/mol. The highest BCUT2D eigenvalue weighted by Crippen LogP contribution is 2.18. The minimum Gasteiger partial charge on any atom is -0.480 e. The van der Waals surface area contributed by atoms with Gasteiger partial charge in [0.15, 0.2) is 0 Å². The number of aromatic nitrogens is 1. The van der Waals surface area contributed by atoms with Crippen molar-refractivity contribution in [1.29, 1.82) is 0 Å². The number of carboxylic acids is 2. The first-order chi connectivity index (χ1) is 9.82. The third-order valence-electron chi connectivity index (χ3n) is 2.82. The van der Waals surface area contributed by atoms with Crippen LogP contribution >= 0.6 is 0 Å². The Labute approximate surface area is 121 Å². The molecule has 1 heterocycles. The lowest BCUT2D eigenvalue weighted by molar-refractivity contribution is -0.139. The Morgan fingerprint density at radius 3 is 2.29 bits per heavy atom. The van der Waals surface area contributed by atoms with Gasteiger partial charge in [0.1, 0.15) is 12.1 Å². The second-order valence-corrected chi connectivity index (χ2v) is 4.64. The van der Waals surface area contributed by atoms with Crippen molar-refractivity contribution in [3.63, 3.8) is 0 Å². The molecule has 0 saturated heterocycles. The van der Waals surface area contributed by atoms with Crippen LogP contribution < -0.4 is 11.5 Å². The first-order valence-electron chi connectivity index (χ1n) is 6.34. The fraction of sp³-hybridized carbons (Fsp3) is 0.286.